The van der Waals surface area contributed by atoms with Gasteiger partial charge in [0.1, 0.15) is 11.6 Å². The van der Waals surface area contributed by atoms with Crippen LogP contribution in [0.5, 0.6) is 0 Å². The van der Waals surface area contributed by atoms with Gasteiger partial charge in [-0.25, -0.2) is 4.39 Å². The van der Waals surface area contributed by atoms with Crippen LogP contribution >= 0.6 is 15.9 Å². The second-order valence-corrected chi connectivity index (χ2v) is 6.95. The Morgan fingerprint density at radius 1 is 1.50 bits per heavy atom. The van der Waals surface area contributed by atoms with E-state index >= 15 is 0 Å². The number of carbonyl (C=O) groups is 1. The van der Waals surface area contributed by atoms with Gasteiger partial charge in [0.15, 0.2) is 0 Å². The fourth-order valence-electron chi connectivity index (χ4n) is 2.76. The van der Waals surface area contributed by atoms with E-state index in [9.17, 15) is 9.18 Å². The van der Waals surface area contributed by atoms with Crippen LogP contribution in [-0.2, 0) is 11.2 Å². The lowest BCUT2D eigenvalue weighted by molar-refractivity contribution is -0.129. The first-order valence-corrected chi connectivity index (χ1v) is 7.88. The molecule has 0 spiro atoms. The molecule has 2 nitrogen and oxygen atoms in total. The van der Waals surface area contributed by atoms with Crippen LogP contribution in [-0.4, -0.2) is 18.9 Å². The summed E-state index contributed by atoms with van der Waals surface area (Å²) in [4.78, 5) is 12.6. The Bertz CT molecular complexity index is 495. The van der Waals surface area contributed by atoms with Crippen LogP contribution in [0.3, 0.4) is 0 Å². The molecule has 0 radical (unpaired) electrons. The molecular weight excluding hydrogens is 321 g/mol. The highest BCUT2D eigenvalue weighted by Crippen LogP contribution is 2.34. The van der Waals surface area contributed by atoms with Gasteiger partial charge in [-0.2, -0.15) is 0 Å². The van der Waals surface area contributed by atoms with Gasteiger partial charge in [-0.05, 0) is 49.5 Å². The van der Waals surface area contributed by atoms with E-state index in [1.54, 1.807) is 6.07 Å². The van der Waals surface area contributed by atoms with Gasteiger partial charge in [0.2, 0.25) is 0 Å². The van der Waals surface area contributed by atoms with Crippen molar-refractivity contribution in [3.63, 3.8) is 0 Å². The molecule has 1 unspecified atom stereocenters. The zero-order valence-electron chi connectivity index (χ0n) is 12.0. The van der Waals surface area contributed by atoms with E-state index in [0.717, 1.165) is 31.5 Å². The van der Waals surface area contributed by atoms with E-state index in [1.165, 1.54) is 12.1 Å². The lowest BCUT2D eigenvalue weighted by atomic mass is 9.71. The Kier molecular flexibility index (Phi) is 4.97. The van der Waals surface area contributed by atoms with Crippen LogP contribution in [0.15, 0.2) is 22.7 Å². The van der Waals surface area contributed by atoms with Gasteiger partial charge in [0.25, 0.3) is 0 Å². The summed E-state index contributed by atoms with van der Waals surface area (Å²) >= 11 is 3.33. The Morgan fingerprint density at radius 2 is 2.25 bits per heavy atom. The minimum Gasteiger partial charge on any atom is -0.316 e. The molecule has 1 heterocycles. The van der Waals surface area contributed by atoms with Crippen molar-refractivity contribution in [2.24, 2.45) is 11.3 Å². The molecule has 1 aliphatic rings. The molecule has 0 bridgehead atoms. The zero-order valence-corrected chi connectivity index (χ0v) is 13.6. The molecule has 1 atom stereocenters. The first-order valence-electron chi connectivity index (χ1n) is 7.09. The molecule has 20 heavy (non-hydrogen) atoms. The number of nitrogens with one attached hydrogen (secondary N) is 1. The summed E-state index contributed by atoms with van der Waals surface area (Å²) in [5.41, 5.74) is 0.509. The third kappa shape index (κ3) is 3.47. The third-order valence-corrected chi connectivity index (χ3v) is 5.14. The number of piperidine rings is 1. The Balaban J connectivity index is 2.09. The molecule has 1 aromatic rings. The van der Waals surface area contributed by atoms with Crippen LogP contribution in [0.4, 0.5) is 4.39 Å². The van der Waals surface area contributed by atoms with Gasteiger partial charge in [0.05, 0.1) is 0 Å². The van der Waals surface area contributed by atoms with Crippen LogP contribution in [0.25, 0.3) is 0 Å². The fourth-order valence-corrected chi connectivity index (χ4v) is 3.25. The van der Waals surface area contributed by atoms with Crippen molar-refractivity contribution < 1.29 is 9.18 Å². The average molecular weight is 342 g/mol. The Hall–Kier alpha value is -0.740. The van der Waals surface area contributed by atoms with Crippen LogP contribution in [0.2, 0.25) is 0 Å². The topological polar surface area (TPSA) is 29.1 Å². The minimum atomic E-state index is -0.346. The van der Waals surface area contributed by atoms with Gasteiger partial charge in [0, 0.05) is 16.3 Å². The van der Waals surface area contributed by atoms with Crippen LogP contribution < -0.4 is 5.32 Å². The molecule has 0 amide bonds. The van der Waals surface area contributed by atoms with Crippen molar-refractivity contribution in [1.82, 2.24) is 5.32 Å². The van der Waals surface area contributed by atoms with E-state index in [0.29, 0.717) is 16.8 Å². The summed E-state index contributed by atoms with van der Waals surface area (Å²) in [6.45, 7) is 6.02. The van der Waals surface area contributed by atoms with Crippen molar-refractivity contribution in [2.75, 3.05) is 13.1 Å². The Morgan fingerprint density at radius 3 is 2.85 bits per heavy atom. The number of ketones is 1. The van der Waals surface area contributed by atoms with Crippen molar-refractivity contribution in [3.8, 4) is 0 Å². The van der Waals surface area contributed by atoms with Gasteiger partial charge in [-0.3, -0.25) is 4.79 Å². The zero-order chi connectivity index (χ0) is 14.8. The second kappa shape index (κ2) is 6.35. The van der Waals surface area contributed by atoms with Gasteiger partial charge in [-0.1, -0.05) is 35.8 Å². The molecule has 110 valence electrons. The van der Waals surface area contributed by atoms with Crippen molar-refractivity contribution >= 4 is 21.7 Å². The summed E-state index contributed by atoms with van der Waals surface area (Å²) in [6.07, 6.45) is 2.57. The highest BCUT2D eigenvalue weighted by Gasteiger charge is 2.36. The van der Waals surface area contributed by atoms with E-state index < -0.39 is 0 Å². The van der Waals surface area contributed by atoms with E-state index in [-0.39, 0.29) is 17.0 Å². The molecule has 0 aliphatic carbocycles. The summed E-state index contributed by atoms with van der Waals surface area (Å²) in [7, 11) is 0. The average Bonchev–Trinajstić information content (AvgIpc) is 2.42. The molecule has 1 aliphatic heterocycles. The molecule has 1 saturated heterocycles. The van der Waals surface area contributed by atoms with Crippen molar-refractivity contribution in [2.45, 2.75) is 33.1 Å². The molecule has 1 fully saturated rings. The van der Waals surface area contributed by atoms with Crippen molar-refractivity contribution in [3.05, 3.63) is 34.1 Å². The quantitative estimate of drug-likeness (QED) is 0.904. The smallest absolute Gasteiger partial charge is 0.143 e. The SMILES string of the molecule is CC(C)(C(=O)Cc1ccc(F)cc1Br)C1CCCNC1. The third-order valence-electron chi connectivity index (χ3n) is 4.40. The fraction of sp³-hybridized carbons (Fsp3) is 0.562. The van der Waals surface area contributed by atoms with Gasteiger partial charge < -0.3 is 5.32 Å². The lowest BCUT2D eigenvalue weighted by Crippen LogP contribution is -2.43. The summed E-state index contributed by atoms with van der Waals surface area (Å²) in [5, 5.41) is 3.37. The van der Waals surface area contributed by atoms with E-state index in [1.807, 2.05) is 13.8 Å². The first-order chi connectivity index (χ1) is 9.41. The molecule has 0 aromatic heterocycles. The largest absolute Gasteiger partial charge is 0.316 e. The maximum absolute atomic E-state index is 13.1. The highest BCUT2D eigenvalue weighted by molar-refractivity contribution is 9.10. The molecule has 2 rings (SSSR count). The highest BCUT2D eigenvalue weighted by atomic mass is 79.9. The maximum atomic E-state index is 13.1. The predicted octanol–water partition coefficient (Wildman–Crippen LogP) is 3.73. The standard InChI is InChI=1S/C16H21BrFNO/c1-16(2,12-4-3-7-19-10-12)15(20)8-11-5-6-13(18)9-14(11)17/h5-6,9,12,19H,3-4,7-8,10H2,1-2H3. The van der Waals surface area contributed by atoms with Gasteiger partial charge in [-0.15, -0.1) is 0 Å². The van der Waals surface area contributed by atoms with E-state index in [2.05, 4.69) is 21.2 Å². The number of benzene rings is 1. The van der Waals surface area contributed by atoms with Gasteiger partial charge >= 0.3 is 0 Å². The molecule has 0 saturated carbocycles. The van der Waals surface area contributed by atoms with Crippen LogP contribution in [0.1, 0.15) is 32.3 Å². The Labute approximate surface area is 128 Å². The number of hydrogen-bond acceptors (Lipinski definition) is 2. The summed E-state index contributed by atoms with van der Waals surface area (Å²) in [6, 6.07) is 4.51. The molecule has 1 aromatic carbocycles. The number of halogens is 2. The minimum absolute atomic E-state index is 0.221. The lowest BCUT2D eigenvalue weighted by Gasteiger charge is -2.36. The monoisotopic (exact) mass is 341 g/mol. The first kappa shape index (κ1) is 15.6. The second-order valence-electron chi connectivity index (χ2n) is 6.10. The van der Waals surface area contributed by atoms with Crippen LogP contribution in [0, 0.1) is 17.2 Å². The normalized spacial score (nSPS) is 19.9. The number of carbonyl (C=O) groups excluding carboxylic acids is 1. The molecule has 4 heteroatoms. The summed E-state index contributed by atoms with van der Waals surface area (Å²) in [5.74, 6) is 0.310. The molecule has 1 N–H and O–H groups in total. The predicted molar refractivity (Wildman–Crippen MR) is 82.2 cm³/mol. The number of Topliss-reactive ketones (excluding diaryl/α,β-unsaturated/α-hetero) is 1. The number of rotatable bonds is 4. The van der Waals surface area contributed by atoms with Crippen molar-refractivity contribution in [1.29, 1.82) is 0 Å². The van der Waals surface area contributed by atoms with E-state index in [4.69, 9.17) is 0 Å². The summed E-state index contributed by atoms with van der Waals surface area (Å²) < 4.78 is 13.8. The number of hydrogen-bond donors (Lipinski definition) is 1. The molecular formula is C16H21BrFNO. The maximum Gasteiger partial charge on any atom is 0.143 e.